The van der Waals surface area contributed by atoms with Crippen LogP contribution >= 0.6 is 11.6 Å². The Morgan fingerprint density at radius 3 is 2.11 bits per heavy atom. The molecule has 196 valence electrons. The Morgan fingerprint density at radius 1 is 0.946 bits per heavy atom. The minimum absolute atomic E-state index is 0. The third-order valence-electron chi connectivity index (χ3n) is 5.95. The van der Waals surface area contributed by atoms with E-state index in [0.29, 0.717) is 35.5 Å². The van der Waals surface area contributed by atoms with E-state index < -0.39 is 27.9 Å². The van der Waals surface area contributed by atoms with Crippen LogP contribution in [0.4, 0.5) is 16.2 Å². The Bertz CT molecular complexity index is 1100. The number of rotatable bonds is 11. The maximum Gasteiger partial charge on any atom is 1.00 e. The average molecular weight is 561 g/mol. The molecule has 1 aliphatic rings. The van der Waals surface area contributed by atoms with Gasteiger partial charge in [-0.1, -0.05) is 29.8 Å². The number of carbonyl (C=O) groups excluding carboxylic acids is 2. The Balaban J connectivity index is 0.00000481. The fourth-order valence-corrected chi connectivity index (χ4v) is 4.51. The summed E-state index contributed by atoms with van der Waals surface area (Å²) in [6, 6.07) is 16.3. The summed E-state index contributed by atoms with van der Waals surface area (Å²) in [6.45, 7) is 0.320. The van der Waals surface area contributed by atoms with Crippen molar-refractivity contribution in [3.8, 4) is 0 Å². The van der Waals surface area contributed by atoms with E-state index in [1.807, 2.05) is 30.3 Å². The van der Waals surface area contributed by atoms with Crippen LogP contribution in [0.2, 0.25) is 5.02 Å². The summed E-state index contributed by atoms with van der Waals surface area (Å²) in [7, 11) is -4.35. The fourth-order valence-electron chi connectivity index (χ4n) is 4.03. The summed E-state index contributed by atoms with van der Waals surface area (Å²) in [4.78, 5) is 26.2. The van der Waals surface area contributed by atoms with Gasteiger partial charge in [-0.05, 0) is 73.9 Å². The molecule has 0 heterocycles. The molecular formula is C25H30ClN2NaO7S. The number of amides is 2. The maximum atomic E-state index is 13.0. The molecule has 0 unspecified atom stereocenters. The van der Waals surface area contributed by atoms with E-state index in [9.17, 15) is 22.6 Å². The van der Waals surface area contributed by atoms with Gasteiger partial charge in [0, 0.05) is 11.6 Å². The van der Waals surface area contributed by atoms with Crippen molar-refractivity contribution in [2.24, 2.45) is 11.8 Å². The maximum absolute atomic E-state index is 13.0. The molecule has 1 aliphatic carbocycles. The van der Waals surface area contributed by atoms with Crippen LogP contribution in [-0.4, -0.2) is 57.1 Å². The average Bonchev–Trinajstić information content (AvgIpc) is 2.85. The Morgan fingerprint density at radius 2 is 1.51 bits per heavy atom. The van der Waals surface area contributed by atoms with Gasteiger partial charge in [-0.15, -0.1) is 0 Å². The summed E-state index contributed by atoms with van der Waals surface area (Å²) in [5.41, 5.74) is 1.36. The van der Waals surface area contributed by atoms with Crippen LogP contribution in [-0.2, 0) is 24.4 Å². The van der Waals surface area contributed by atoms with Crippen molar-refractivity contribution >= 4 is 45.1 Å². The predicted molar refractivity (Wildman–Crippen MR) is 135 cm³/mol. The first kappa shape index (κ1) is 31.6. The van der Waals surface area contributed by atoms with Gasteiger partial charge in [0.2, 0.25) is 5.91 Å². The van der Waals surface area contributed by atoms with Crippen molar-refractivity contribution in [1.82, 2.24) is 5.32 Å². The van der Waals surface area contributed by atoms with Gasteiger partial charge in [-0.2, -0.15) is 0 Å². The summed E-state index contributed by atoms with van der Waals surface area (Å²) in [6.07, 6.45) is 3.07. The van der Waals surface area contributed by atoms with Crippen LogP contribution in [0.3, 0.4) is 0 Å². The minimum Gasteiger partial charge on any atom is -0.748 e. The number of halogens is 1. The van der Waals surface area contributed by atoms with E-state index in [1.165, 1.54) is 4.90 Å². The minimum atomic E-state index is -4.35. The number of hydrogen-bond acceptors (Lipinski definition) is 7. The van der Waals surface area contributed by atoms with Crippen molar-refractivity contribution < 1.29 is 61.6 Å². The first-order chi connectivity index (χ1) is 17.2. The quantitative estimate of drug-likeness (QED) is 0.322. The van der Waals surface area contributed by atoms with Crippen LogP contribution in [0.5, 0.6) is 0 Å². The Labute approximate surface area is 244 Å². The fraction of sp³-hybridized carbons (Fsp3) is 0.440. The summed E-state index contributed by atoms with van der Waals surface area (Å²) in [5, 5.41) is 2.92. The SMILES string of the molecule is O=C(COCC1CCC(COC(=O)N(c2ccccc2)c2ccc(Cl)cc2)CC1)NCCS(=O)(=O)[O-].[Na+]. The molecule has 0 spiro atoms. The number of carbonyl (C=O) groups is 2. The van der Waals surface area contributed by atoms with Crippen LogP contribution in [0, 0.1) is 11.8 Å². The number of benzene rings is 2. The number of hydrogen-bond donors (Lipinski definition) is 1. The van der Waals surface area contributed by atoms with Crippen LogP contribution in [0.15, 0.2) is 54.6 Å². The molecule has 9 nitrogen and oxygen atoms in total. The molecule has 2 aromatic carbocycles. The molecule has 0 saturated heterocycles. The van der Waals surface area contributed by atoms with Gasteiger partial charge in [-0.3, -0.25) is 4.79 Å². The molecule has 1 N–H and O–H groups in total. The van der Waals surface area contributed by atoms with Crippen molar-refractivity contribution in [1.29, 1.82) is 0 Å². The van der Waals surface area contributed by atoms with Gasteiger partial charge in [0.15, 0.2) is 0 Å². The molecule has 0 atom stereocenters. The van der Waals surface area contributed by atoms with E-state index in [-0.39, 0.29) is 48.6 Å². The largest absolute Gasteiger partial charge is 1.00 e. The molecule has 0 aliphatic heterocycles. The van der Waals surface area contributed by atoms with Gasteiger partial charge in [-0.25, -0.2) is 18.1 Å². The molecule has 3 rings (SSSR count). The molecule has 0 radical (unpaired) electrons. The topological polar surface area (TPSA) is 125 Å². The summed E-state index contributed by atoms with van der Waals surface area (Å²) >= 11 is 6.00. The second-order valence-corrected chi connectivity index (χ2v) is 10.7. The van der Waals surface area contributed by atoms with Crippen molar-refractivity contribution in [3.05, 3.63) is 59.6 Å². The molecule has 2 amide bonds. The number of nitrogens with one attached hydrogen (secondary N) is 1. The van der Waals surface area contributed by atoms with Crippen LogP contribution in [0.25, 0.3) is 0 Å². The van der Waals surface area contributed by atoms with E-state index in [1.54, 1.807) is 24.3 Å². The smallest absolute Gasteiger partial charge is 0.748 e. The van der Waals surface area contributed by atoms with Crippen molar-refractivity contribution in [2.75, 3.05) is 37.0 Å². The Kier molecular flexibility index (Phi) is 13.4. The molecule has 2 aromatic rings. The molecule has 0 aromatic heterocycles. The van der Waals surface area contributed by atoms with Gasteiger partial charge < -0.3 is 19.3 Å². The standard InChI is InChI=1S/C25H31ClN2O7S.Na/c26-21-10-12-23(13-11-21)28(22-4-2-1-3-5-22)25(30)35-17-20-8-6-19(7-9-20)16-34-18-24(29)27-14-15-36(31,32)33;/h1-5,10-13,19-20H,6-9,14-18H2,(H,27,29)(H,31,32,33);/q;+1/p-1. The third kappa shape index (κ3) is 11.3. The predicted octanol–water partition coefficient (Wildman–Crippen LogP) is 1.10. The van der Waals surface area contributed by atoms with Gasteiger partial charge in [0.25, 0.3) is 0 Å². The first-order valence-corrected chi connectivity index (χ1v) is 13.7. The zero-order valence-corrected chi connectivity index (χ0v) is 24.4. The van der Waals surface area contributed by atoms with E-state index >= 15 is 0 Å². The second-order valence-electron chi connectivity index (χ2n) is 8.74. The van der Waals surface area contributed by atoms with Gasteiger partial charge in [0.1, 0.15) is 6.61 Å². The third-order valence-corrected chi connectivity index (χ3v) is 6.91. The number of para-hydroxylation sites is 1. The van der Waals surface area contributed by atoms with Gasteiger partial charge in [0.05, 0.1) is 40.5 Å². The van der Waals surface area contributed by atoms with Crippen molar-refractivity contribution in [2.45, 2.75) is 25.7 Å². The molecular weight excluding hydrogens is 531 g/mol. The normalized spacial score (nSPS) is 17.4. The summed E-state index contributed by atoms with van der Waals surface area (Å²) < 4.78 is 42.8. The van der Waals surface area contributed by atoms with Crippen molar-refractivity contribution in [3.63, 3.8) is 0 Å². The van der Waals surface area contributed by atoms with Crippen LogP contribution < -0.4 is 39.8 Å². The number of anilines is 2. The van der Waals surface area contributed by atoms with E-state index in [0.717, 1.165) is 25.7 Å². The Hall–Kier alpha value is -1.66. The van der Waals surface area contributed by atoms with E-state index in [2.05, 4.69) is 5.32 Å². The van der Waals surface area contributed by atoms with Crippen LogP contribution in [0.1, 0.15) is 25.7 Å². The number of nitrogens with zero attached hydrogens (tertiary/aromatic N) is 1. The van der Waals surface area contributed by atoms with E-state index in [4.69, 9.17) is 21.1 Å². The summed E-state index contributed by atoms with van der Waals surface area (Å²) in [5.74, 6) is -0.564. The molecule has 37 heavy (non-hydrogen) atoms. The molecule has 1 saturated carbocycles. The molecule has 0 bridgehead atoms. The second kappa shape index (κ2) is 15.7. The monoisotopic (exact) mass is 560 g/mol. The van der Waals surface area contributed by atoms with Gasteiger partial charge >= 0.3 is 35.7 Å². The zero-order chi connectivity index (χ0) is 26.0. The zero-order valence-electron chi connectivity index (χ0n) is 20.8. The first-order valence-electron chi connectivity index (χ1n) is 11.8. The molecule has 1 fully saturated rings. The number of ether oxygens (including phenoxy) is 2. The molecule has 12 heteroatoms.